The number of benzene rings is 2. The molecule has 0 unspecified atom stereocenters. The maximum absolute atomic E-state index is 11.9. The van der Waals surface area contributed by atoms with Crippen molar-refractivity contribution < 1.29 is 28.3 Å². The van der Waals surface area contributed by atoms with Crippen LogP contribution in [-0.4, -0.2) is 36.9 Å². The third-order valence-corrected chi connectivity index (χ3v) is 3.91. The molecule has 8 nitrogen and oxygen atoms in total. The van der Waals surface area contributed by atoms with Crippen molar-refractivity contribution in [3.8, 4) is 28.6 Å². The second-order valence-electron chi connectivity index (χ2n) is 5.79. The molecule has 0 aliphatic carbocycles. The molecule has 0 atom stereocenters. The van der Waals surface area contributed by atoms with Crippen molar-refractivity contribution in [2.24, 2.45) is 0 Å². The third kappa shape index (κ3) is 4.59. The average molecular weight is 384 g/mol. The molecule has 2 aromatic carbocycles. The Morgan fingerprint density at radius 3 is 2.64 bits per heavy atom. The van der Waals surface area contributed by atoms with Crippen molar-refractivity contribution in [1.29, 1.82) is 0 Å². The zero-order valence-corrected chi connectivity index (χ0v) is 15.8. The second kappa shape index (κ2) is 8.90. The Hall–Kier alpha value is -3.55. The van der Waals surface area contributed by atoms with E-state index in [9.17, 15) is 4.79 Å². The molecule has 3 aromatic rings. The number of carbonyl (C=O) groups is 1. The van der Waals surface area contributed by atoms with Crippen LogP contribution in [0.2, 0.25) is 0 Å². The minimum atomic E-state index is -0.537. The largest absolute Gasteiger partial charge is 0.497 e. The quantitative estimate of drug-likeness (QED) is 0.547. The highest BCUT2D eigenvalue weighted by Crippen LogP contribution is 2.31. The summed E-state index contributed by atoms with van der Waals surface area (Å²) in [6, 6.07) is 12.6. The summed E-state index contributed by atoms with van der Waals surface area (Å²) in [6.45, 7) is 1.54. The summed E-state index contributed by atoms with van der Waals surface area (Å²) in [5.74, 6) is 1.76. The van der Waals surface area contributed by atoms with Gasteiger partial charge in [-0.25, -0.2) is 4.79 Å². The van der Waals surface area contributed by atoms with Gasteiger partial charge in [-0.1, -0.05) is 23.4 Å². The van der Waals surface area contributed by atoms with E-state index in [4.69, 9.17) is 23.5 Å². The number of nitrogens with zero attached hydrogens (tertiary/aromatic N) is 2. The summed E-state index contributed by atoms with van der Waals surface area (Å²) in [5, 5.41) is 3.90. The summed E-state index contributed by atoms with van der Waals surface area (Å²) >= 11 is 0. The Kier molecular flexibility index (Phi) is 6.11. The van der Waals surface area contributed by atoms with Crippen LogP contribution in [0.5, 0.6) is 17.2 Å². The lowest BCUT2D eigenvalue weighted by Crippen LogP contribution is -2.15. The molecule has 0 spiro atoms. The van der Waals surface area contributed by atoms with Crippen LogP contribution in [0.3, 0.4) is 0 Å². The van der Waals surface area contributed by atoms with E-state index >= 15 is 0 Å². The Morgan fingerprint density at radius 2 is 1.89 bits per heavy atom. The van der Waals surface area contributed by atoms with Gasteiger partial charge in [0.2, 0.25) is 5.82 Å². The van der Waals surface area contributed by atoms with Gasteiger partial charge in [-0.15, -0.1) is 0 Å². The maximum Gasteiger partial charge on any atom is 0.344 e. The van der Waals surface area contributed by atoms with Crippen molar-refractivity contribution in [3.05, 3.63) is 53.9 Å². The second-order valence-corrected chi connectivity index (χ2v) is 5.79. The van der Waals surface area contributed by atoms with Gasteiger partial charge in [0, 0.05) is 6.07 Å². The van der Waals surface area contributed by atoms with Crippen LogP contribution in [0, 0.1) is 6.92 Å². The molecule has 0 fully saturated rings. The lowest BCUT2D eigenvalue weighted by molar-refractivity contribution is -0.148. The predicted octanol–water partition coefficient (Wildman–Crippen LogP) is 3.18. The van der Waals surface area contributed by atoms with E-state index in [1.54, 1.807) is 31.4 Å². The van der Waals surface area contributed by atoms with Gasteiger partial charge in [-0.05, 0) is 30.7 Å². The highest BCUT2D eigenvalue weighted by molar-refractivity contribution is 5.71. The monoisotopic (exact) mass is 384 g/mol. The van der Waals surface area contributed by atoms with Gasteiger partial charge in [0.1, 0.15) is 17.2 Å². The molecule has 3 rings (SSSR count). The molecule has 0 amide bonds. The molecule has 0 saturated heterocycles. The first-order chi connectivity index (χ1) is 13.6. The van der Waals surface area contributed by atoms with Gasteiger partial charge in [-0.2, -0.15) is 4.98 Å². The van der Waals surface area contributed by atoms with Crippen LogP contribution in [0.15, 0.2) is 47.0 Å². The van der Waals surface area contributed by atoms with E-state index in [2.05, 4.69) is 10.1 Å². The zero-order chi connectivity index (χ0) is 19.9. The number of methoxy groups -OCH3 is 2. The lowest BCUT2D eigenvalue weighted by atomic mass is 10.2. The Morgan fingerprint density at radius 1 is 1.07 bits per heavy atom. The standard InChI is InChI=1S/C20H20N2O6/c1-13-6-4-5-7-16(13)26-12-19(23)27-11-18-21-20(22-28-18)15-9-8-14(24-2)10-17(15)25-3/h4-10H,11-12H2,1-3H3. The van der Waals surface area contributed by atoms with Crippen molar-refractivity contribution in [2.45, 2.75) is 13.5 Å². The predicted molar refractivity (Wildman–Crippen MR) is 99.3 cm³/mol. The number of para-hydroxylation sites is 1. The Balaban J connectivity index is 1.58. The Labute approximate surface area is 162 Å². The number of aromatic nitrogens is 2. The number of aryl methyl sites for hydroxylation is 1. The topological polar surface area (TPSA) is 92.9 Å². The van der Waals surface area contributed by atoms with Crippen molar-refractivity contribution >= 4 is 5.97 Å². The van der Waals surface area contributed by atoms with Crippen molar-refractivity contribution in [1.82, 2.24) is 10.1 Å². The van der Waals surface area contributed by atoms with Gasteiger partial charge in [-0.3, -0.25) is 0 Å². The van der Waals surface area contributed by atoms with Gasteiger partial charge < -0.3 is 23.5 Å². The van der Waals surface area contributed by atoms with E-state index in [1.807, 2.05) is 25.1 Å². The highest BCUT2D eigenvalue weighted by Gasteiger charge is 2.15. The maximum atomic E-state index is 11.9. The van der Waals surface area contributed by atoms with Crippen LogP contribution in [-0.2, 0) is 16.1 Å². The summed E-state index contributed by atoms with van der Waals surface area (Å²) in [7, 11) is 3.10. The van der Waals surface area contributed by atoms with Gasteiger partial charge in [0.05, 0.1) is 19.8 Å². The number of carbonyl (C=O) groups excluding carboxylic acids is 1. The molecule has 0 bridgehead atoms. The van der Waals surface area contributed by atoms with Gasteiger partial charge in [0.15, 0.2) is 13.2 Å². The first kappa shape index (κ1) is 19.2. The third-order valence-electron chi connectivity index (χ3n) is 3.91. The van der Waals surface area contributed by atoms with Crippen LogP contribution in [0.4, 0.5) is 0 Å². The molecule has 0 aliphatic heterocycles. The number of ether oxygens (including phenoxy) is 4. The minimum Gasteiger partial charge on any atom is -0.497 e. The van der Waals surface area contributed by atoms with E-state index in [-0.39, 0.29) is 19.1 Å². The van der Waals surface area contributed by atoms with E-state index < -0.39 is 5.97 Å². The molecular formula is C20H20N2O6. The summed E-state index contributed by atoms with van der Waals surface area (Å²) < 4.78 is 26.2. The fraction of sp³-hybridized carbons (Fsp3) is 0.250. The van der Waals surface area contributed by atoms with Crippen LogP contribution in [0.25, 0.3) is 11.4 Å². The lowest BCUT2D eigenvalue weighted by Gasteiger charge is -2.08. The summed E-state index contributed by atoms with van der Waals surface area (Å²) in [6.07, 6.45) is 0. The Bertz CT molecular complexity index is 953. The molecule has 0 radical (unpaired) electrons. The van der Waals surface area contributed by atoms with Crippen molar-refractivity contribution in [3.63, 3.8) is 0 Å². The SMILES string of the molecule is COc1ccc(-c2noc(COC(=O)COc3ccccc3C)n2)c(OC)c1. The molecule has 0 aliphatic rings. The zero-order valence-electron chi connectivity index (χ0n) is 15.8. The van der Waals surface area contributed by atoms with E-state index in [0.717, 1.165) is 5.56 Å². The first-order valence-corrected chi connectivity index (χ1v) is 8.49. The van der Waals surface area contributed by atoms with Crippen LogP contribution in [0.1, 0.15) is 11.5 Å². The fourth-order valence-electron chi connectivity index (χ4n) is 2.45. The molecule has 8 heteroatoms. The number of hydrogen-bond donors (Lipinski definition) is 0. The van der Waals surface area contributed by atoms with Gasteiger partial charge in [0.25, 0.3) is 5.89 Å². The number of hydrogen-bond acceptors (Lipinski definition) is 8. The van der Waals surface area contributed by atoms with E-state index in [0.29, 0.717) is 28.6 Å². The molecule has 1 heterocycles. The van der Waals surface area contributed by atoms with Crippen molar-refractivity contribution in [2.75, 3.05) is 20.8 Å². The van der Waals surface area contributed by atoms with Crippen LogP contribution < -0.4 is 14.2 Å². The molecule has 1 aromatic heterocycles. The summed E-state index contributed by atoms with van der Waals surface area (Å²) in [5.41, 5.74) is 1.57. The number of esters is 1. The molecule has 0 saturated carbocycles. The summed E-state index contributed by atoms with van der Waals surface area (Å²) in [4.78, 5) is 16.1. The minimum absolute atomic E-state index is 0.151. The first-order valence-electron chi connectivity index (χ1n) is 8.49. The normalized spacial score (nSPS) is 10.4. The van der Waals surface area contributed by atoms with Gasteiger partial charge >= 0.3 is 5.97 Å². The molecule has 28 heavy (non-hydrogen) atoms. The average Bonchev–Trinajstić information content (AvgIpc) is 3.20. The number of rotatable bonds is 8. The molecule has 146 valence electrons. The fourth-order valence-corrected chi connectivity index (χ4v) is 2.45. The smallest absolute Gasteiger partial charge is 0.344 e. The molecule has 0 N–H and O–H groups in total. The molecular weight excluding hydrogens is 364 g/mol. The highest BCUT2D eigenvalue weighted by atomic mass is 16.6. The van der Waals surface area contributed by atoms with Crippen LogP contribution >= 0.6 is 0 Å². The van der Waals surface area contributed by atoms with E-state index in [1.165, 1.54) is 7.11 Å².